The van der Waals surface area contributed by atoms with E-state index in [0.717, 1.165) is 17.9 Å². The summed E-state index contributed by atoms with van der Waals surface area (Å²) < 4.78 is 0. The van der Waals surface area contributed by atoms with Gasteiger partial charge in [-0.1, -0.05) is 25.0 Å². The van der Waals surface area contributed by atoms with Crippen molar-refractivity contribution in [2.24, 2.45) is 5.92 Å². The van der Waals surface area contributed by atoms with Crippen LogP contribution >= 0.6 is 0 Å². The van der Waals surface area contributed by atoms with E-state index in [1.807, 2.05) is 12.1 Å². The molecule has 1 unspecified atom stereocenters. The molecule has 1 aromatic carbocycles. The highest BCUT2D eigenvalue weighted by molar-refractivity contribution is 5.32. The predicted octanol–water partition coefficient (Wildman–Crippen LogP) is 2.39. The molecule has 1 aliphatic rings. The Morgan fingerprint density at radius 3 is 2.50 bits per heavy atom. The Hall–Kier alpha value is -1.33. The molecule has 0 spiro atoms. The molecule has 14 heavy (non-hydrogen) atoms. The predicted molar refractivity (Wildman–Crippen MR) is 53.5 cm³/mol. The van der Waals surface area contributed by atoms with Gasteiger partial charge in [0.1, 0.15) is 0 Å². The highest BCUT2D eigenvalue weighted by Gasteiger charge is 2.24. The molecule has 2 nitrogen and oxygen atoms in total. The van der Waals surface area contributed by atoms with Gasteiger partial charge in [0.25, 0.3) is 0 Å². The second kappa shape index (κ2) is 3.81. The Kier molecular flexibility index (Phi) is 2.51. The first-order chi connectivity index (χ1) is 6.79. The zero-order valence-electron chi connectivity index (χ0n) is 7.98. The number of aliphatic hydroxyl groups is 1. The van der Waals surface area contributed by atoms with Crippen molar-refractivity contribution >= 4 is 0 Å². The lowest BCUT2D eigenvalue weighted by Gasteiger charge is -2.09. The van der Waals surface area contributed by atoms with Crippen LogP contribution in [0.5, 0.6) is 0 Å². The van der Waals surface area contributed by atoms with E-state index in [2.05, 4.69) is 6.07 Å². The lowest BCUT2D eigenvalue weighted by molar-refractivity contribution is 0.160. The maximum Gasteiger partial charge on any atom is 0.0991 e. The number of hydrogen-bond acceptors (Lipinski definition) is 2. The van der Waals surface area contributed by atoms with Gasteiger partial charge in [0.15, 0.2) is 0 Å². The van der Waals surface area contributed by atoms with Gasteiger partial charge in [-0.15, -0.1) is 0 Å². The van der Waals surface area contributed by atoms with Crippen LogP contribution in [0.1, 0.15) is 36.5 Å². The Morgan fingerprint density at radius 2 is 2.00 bits per heavy atom. The van der Waals surface area contributed by atoms with Crippen LogP contribution in [0.4, 0.5) is 0 Å². The van der Waals surface area contributed by atoms with Gasteiger partial charge in [0, 0.05) is 0 Å². The molecule has 0 saturated heterocycles. The molecule has 1 aromatic rings. The molecule has 0 amide bonds. The highest BCUT2D eigenvalue weighted by Crippen LogP contribution is 2.37. The smallest absolute Gasteiger partial charge is 0.0991 e. The summed E-state index contributed by atoms with van der Waals surface area (Å²) in [6.45, 7) is 0. The first-order valence-electron chi connectivity index (χ1n) is 4.97. The molecule has 0 radical (unpaired) electrons. The van der Waals surface area contributed by atoms with Crippen LogP contribution in [0, 0.1) is 17.2 Å². The number of hydrogen-bond donors (Lipinski definition) is 1. The van der Waals surface area contributed by atoms with Crippen molar-refractivity contribution < 1.29 is 5.11 Å². The summed E-state index contributed by atoms with van der Waals surface area (Å²) in [5.41, 5.74) is 1.57. The molecule has 1 saturated carbocycles. The van der Waals surface area contributed by atoms with Crippen molar-refractivity contribution in [2.45, 2.75) is 25.4 Å². The molecule has 1 aliphatic carbocycles. The first kappa shape index (κ1) is 9.23. The Balaban J connectivity index is 2.04. The minimum atomic E-state index is -0.352. The van der Waals surface area contributed by atoms with Gasteiger partial charge in [0.2, 0.25) is 0 Å². The Morgan fingerprint density at radius 1 is 1.36 bits per heavy atom. The molecule has 0 bridgehead atoms. The molecule has 72 valence electrons. The molecule has 2 rings (SSSR count). The van der Waals surface area contributed by atoms with Gasteiger partial charge in [-0.05, 0) is 30.0 Å². The number of rotatable bonds is 3. The fraction of sp³-hybridized carbons (Fsp3) is 0.417. The van der Waals surface area contributed by atoms with Crippen LogP contribution in [0.15, 0.2) is 24.3 Å². The third kappa shape index (κ3) is 2.12. The van der Waals surface area contributed by atoms with E-state index in [1.165, 1.54) is 12.8 Å². The maximum atomic E-state index is 9.81. The molecule has 1 atom stereocenters. The lowest BCUT2D eigenvalue weighted by atomic mass is 10.0. The van der Waals surface area contributed by atoms with Crippen molar-refractivity contribution in [3.05, 3.63) is 35.4 Å². The standard InChI is InChI=1S/C12H13NO/c13-8-10-3-5-11(6-4-10)12(14)7-9-1-2-9/h3-6,9,12,14H,1-2,7H2. The van der Waals surface area contributed by atoms with E-state index < -0.39 is 0 Å². The fourth-order valence-corrected chi connectivity index (χ4v) is 1.59. The second-order valence-electron chi connectivity index (χ2n) is 3.93. The fourth-order valence-electron chi connectivity index (χ4n) is 1.59. The molecule has 0 aliphatic heterocycles. The number of nitriles is 1. The van der Waals surface area contributed by atoms with Gasteiger partial charge < -0.3 is 5.11 Å². The SMILES string of the molecule is N#Cc1ccc(C(O)CC2CC2)cc1. The van der Waals surface area contributed by atoms with Crippen LogP contribution in [0.25, 0.3) is 0 Å². The summed E-state index contributed by atoms with van der Waals surface area (Å²) in [5, 5.41) is 18.4. The number of benzene rings is 1. The van der Waals surface area contributed by atoms with E-state index in [9.17, 15) is 5.11 Å². The third-order valence-corrected chi connectivity index (χ3v) is 2.68. The molecular formula is C12H13NO. The zero-order valence-corrected chi connectivity index (χ0v) is 7.98. The topological polar surface area (TPSA) is 44.0 Å². The van der Waals surface area contributed by atoms with Crippen LogP contribution in [-0.4, -0.2) is 5.11 Å². The Labute approximate surface area is 83.8 Å². The zero-order chi connectivity index (χ0) is 9.97. The summed E-state index contributed by atoms with van der Waals surface area (Å²) in [7, 11) is 0. The number of aliphatic hydroxyl groups excluding tert-OH is 1. The first-order valence-corrected chi connectivity index (χ1v) is 4.97. The van der Waals surface area contributed by atoms with Crippen LogP contribution in [0.3, 0.4) is 0 Å². The maximum absolute atomic E-state index is 9.81. The van der Waals surface area contributed by atoms with Gasteiger partial charge in [-0.3, -0.25) is 0 Å². The minimum Gasteiger partial charge on any atom is -0.388 e. The average Bonchev–Trinajstić information content (AvgIpc) is 3.02. The van der Waals surface area contributed by atoms with Crippen molar-refractivity contribution in [3.63, 3.8) is 0 Å². The molecule has 0 aromatic heterocycles. The van der Waals surface area contributed by atoms with Crippen LogP contribution in [0.2, 0.25) is 0 Å². The molecule has 2 heteroatoms. The van der Waals surface area contributed by atoms with Crippen molar-refractivity contribution in [2.75, 3.05) is 0 Å². The normalized spacial score (nSPS) is 17.4. The van der Waals surface area contributed by atoms with E-state index in [-0.39, 0.29) is 6.10 Å². The largest absolute Gasteiger partial charge is 0.388 e. The monoisotopic (exact) mass is 187 g/mol. The summed E-state index contributed by atoms with van der Waals surface area (Å²) >= 11 is 0. The van der Waals surface area contributed by atoms with E-state index in [1.54, 1.807) is 12.1 Å². The van der Waals surface area contributed by atoms with Crippen LogP contribution < -0.4 is 0 Å². The number of nitrogens with zero attached hydrogens (tertiary/aromatic N) is 1. The summed E-state index contributed by atoms with van der Waals surface area (Å²) in [5.74, 6) is 0.723. The quantitative estimate of drug-likeness (QED) is 0.789. The van der Waals surface area contributed by atoms with E-state index in [4.69, 9.17) is 5.26 Å². The highest BCUT2D eigenvalue weighted by atomic mass is 16.3. The van der Waals surface area contributed by atoms with Gasteiger partial charge in [-0.25, -0.2) is 0 Å². The molecule has 1 fully saturated rings. The minimum absolute atomic E-state index is 0.352. The summed E-state index contributed by atoms with van der Waals surface area (Å²) in [4.78, 5) is 0. The average molecular weight is 187 g/mol. The van der Waals surface area contributed by atoms with Gasteiger partial charge in [-0.2, -0.15) is 5.26 Å². The van der Waals surface area contributed by atoms with Gasteiger partial charge >= 0.3 is 0 Å². The Bertz CT molecular complexity index is 346. The van der Waals surface area contributed by atoms with Gasteiger partial charge in [0.05, 0.1) is 17.7 Å². The van der Waals surface area contributed by atoms with Crippen molar-refractivity contribution in [3.8, 4) is 6.07 Å². The molecule has 0 heterocycles. The van der Waals surface area contributed by atoms with E-state index in [0.29, 0.717) is 5.56 Å². The molecule has 1 N–H and O–H groups in total. The summed E-state index contributed by atoms with van der Waals surface area (Å²) in [6, 6.07) is 9.25. The molecular weight excluding hydrogens is 174 g/mol. The van der Waals surface area contributed by atoms with Crippen LogP contribution in [-0.2, 0) is 0 Å². The lowest BCUT2D eigenvalue weighted by Crippen LogP contribution is -1.98. The summed E-state index contributed by atoms with van der Waals surface area (Å²) in [6.07, 6.45) is 3.03. The van der Waals surface area contributed by atoms with Crippen molar-refractivity contribution in [1.29, 1.82) is 5.26 Å². The third-order valence-electron chi connectivity index (χ3n) is 2.68. The van der Waals surface area contributed by atoms with E-state index >= 15 is 0 Å². The second-order valence-corrected chi connectivity index (χ2v) is 3.93. The van der Waals surface area contributed by atoms with Crippen molar-refractivity contribution in [1.82, 2.24) is 0 Å².